The van der Waals surface area contributed by atoms with Crippen molar-refractivity contribution in [1.82, 2.24) is 0 Å². The van der Waals surface area contributed by atoms with Gasteiger partial charge in [-0.05, 0) is 38.7 Å². The van der Waals surface area contributed by atoms with E-state index in [0.717, 1.165) is 12.8 Å². The number of rotatable bonds is 9. The van der Waals surface area contributed by atoms with Crippen LogP contribution in [-0.2, 0) is 20.8 Å². The summed E-state index contributed by atoms with van der Waals surface area (Å²) in [7, 11) is 0. The maximum Gasteiger partial charge on any atom is 0.321 e. The molecule has 1 aromatic carbocycles. The number of hydrogen-bond donors (Lipinski definition) is 2. The van der Waals surface area contributed by atoms with Gasteiger partial charge in [-0.15, -0.1) is 0 Å². The van der Waals surface area contributed by atoms with Crippen LogP contribution < -0.4 is 11.5 Å². The second-order valence-corrected chi connectivity index (χ2v) is 7.79. The van der Waals surface area contributed by atoms with Crippen LogP contribution in [-0.4, -0.2) is 41.3 Å². The van der Waals surface area contributed by atoms with Crippen LogP contribution in [0.5, 0.6) is 0 Å². The third-order valence-corrected chi connectivity index (χ3v) is 5.75. The van der Waals surface area contributed by atoms with Crippen molar-refractivity contribution < 1.29 is 18.9 Å². The quantitative estimate of drug-likeness (QED) is 0.652. The second kappa shape index (κ2) is 7.99. The van der Waals surface area contributed by atoms with E-state index >= 15 is 0 Å². The molecule has 0 aromatic heterocycles. The molecule has 0 saturated carbocycles. The zero-order chi connectivity index (χ0) is 19.4. The van der Waals surface area contributed by atoms with Gasteiger partial charge in [0.05, 0.1) is 18.0 Å². The zero-order valence-corrected chi connectivity index (χ0v) is 15.7. The highest BCUT2D eigenvalue weighted by atomic mass is 16.2. The number of carbonyl (C=O) groups excluding carboxylic acids is 3. The zero-order valence-electron chi connectivity index (χ0n) is 15.7. The second-order valence-electron chi connectivity index (χ2n) is 7.79. The average Bonchev–Trinajstić information content (AvgIpc) is 2.82. The van der Waals surface area contributed by atoms with Gasteiger partial charge in [0, 0.05) is 12.8 Å². The highest BCUT2D eigenvalue weighted by Crippen LogP contribution is 2.45. The van der Waals surface area contributed by atoms with Gasteiger partial charge in [0.25, 0.3) is 5.91 Å². The van der Waals surface area contributed by atoms with Gasteiger partial charge < -0.3 is 11.5 Å². The van der Waals surface area contributed by atoms with Crippen molar-refractivity contribution in [3.8, 4) is 0 Å². The van der Waals surface area contributed by atoms with Crippen LogP contribution in [0, 0.1) is 5.41 Å². The summed E-state index contributed by atoms with van der Waals surface area (Å²) in [5.41, 5.74) is 11.3. The number of nitrogens with zero attached hydrogens (tertiary/aromatic N) is 1. The minimum absolute atomic E-state index is 0.0182. The Morgan fingerprint density at radius 3 is 2.35 bits per heavy atom. The number of aryl methyl sites for hydroxylation is 1. The van der Waals surface area contributed by atoms with Crippen molar-refractivity contribution in [2.45, 2.75) is 52.0 Å². The van der Waals surface area contributed by atoms with Crippen molar-refractivity contribution in [1.29, 1.82) is 0 Å². The van der Waals surface area contributed by atoms with Crippen molar-refractivity contribution in [3.05, 3.63) is 35.9 Å². The molecule has 0 radical (unpaired) electrons. The van der Waals surface area contributed by atoms with Crippen LogP contribution in [0.25, 0.3) is 0 Å². The maximum absolute atomic E-state index is 13.5. The summed E-state index contributed by atoms with van der Waals surface area (Å²) >= 11 is 0. The summed E-state index contributed by atoms with van der Waals surface area (Å²) in [4.78, 5) is 36.8. The van der Waals surface area contributed by atoms with E-state index in [4.69, 9.17) is 11.5 Å². The molecule has 2 atom stereocenters. The van der Waals surface area contributed by atoms with Crippen LogP contribution in [0.15, 0.2) is 30.3 Å². The minimum atomic E-state index is -0.791. The smallest absolute Gasteiger partial charge is 0.321 e. The number of hydrogen-bond acceptors (Lipinski definition) is 3. The number of primary amides is 2. The number of amides is 3. The molecule has 0 spiro atoms. The van der Waals surface area contributed by atoms with E-state index in [9.17, 15) is 14.4 Å². The molecule has 4 N–H and O–H groups in total. The third kappa shape index (κ3) is 4.12. The summed E-state index contributed by atoms with van der Waals surface area (Å²) in [5, 5.41) is 0. The fourth-order valence-corrected chi connectivity index (χ4v) is 4.29. The predicted molar refractivity (Wildman–Crippen MR) is 99.6 cm³/mol. The topological polar surface area (TPSA) is 103 Å². The van der Waals surface area contributed by atoms with Gasteiger partial charge in [0.2, 0.25) is 5.91 Å². The van der Waals surface area contributed by atoms with Gasteiger partial charge in [-0.25, -0.2) is 4.79 Å². The molecule has 1 aliphatic heterocycles. The standard InChI is InChI=1S/C20H29N3O3/c1-15(2)23(14-18(22)25)12-11-20(19(23)26,13-17(21)24)10-6-9-16-7-4-3-5-8-16/h3-5,7-8,15H,6,9-14H2,1-2H3,(H3-,21,22,24,25)/p+1. The lowest BCUT2D eigenvalue weighted by atomic mass is 9.77. The molecule has 3 amide bonds. The highest BCUT2D eigenvalue weighted by Gasteiger charge is 2.59. The number of quaternary nitrogens is 1. The van der Waals surface area contributed by atoms with Crippen LogP contribution in [0.4, 0.5) is 0 Å². The first-order valence-corrected chi connectivity index (χ1v) is 9.24. The van der Waals surface area contributed by atoms with Crippen molar-refractivity contribution >= 4 is 17.7 Å². The summed E-state index contributed by atoms with van der Waals surface area (Å²) < 4.78 is 0.0218. The summed E-state index contributed by atoms with van der Waals surface area (Å²) in [6.07, 6.45) is 2.82. The van der Waals surface area contributed by atoms with Gasteiger partial charge in [0.1, 0.15) is 0 Å². The summed E-state index contributed by atoms with van der Waals surface area (Å²) in [5.74, 6) is -1.02. The van der Waals surface area contributed by atoms with E-state index in [-0.39, 0.29) is 29.4 Å². The highest BCUT2D eigenvalue weighted by molar-refractivity contribution is 5.87. The van der Waals surface area contributed by atoms with Gasteiger partial charge in [-0.2, -0.15) is 0 Å². The van der Waals surface area contributed by atoms with Gasteiger partial charge >= 0.3 is 5.91 Å². The lowest BCUT2D eigenvalue weighted by Crippen LogP contribution is -2.60. The predicted octanol–water partition coefficient (Wildman–Crippen LogP) is 1.51. The van der Waals surface area contributed by atoms with Crippen LogP contribution >= 0.6 is 0 Å². The van der Waals surface area contributed by atoms with Gasteiger partial charge in [-0.1, -0.05) is 30.3 Å². The molecule has 26 heavy (non-hydrogen) atoms. The SMILES string of the molecule is CC(C)[N+]1(CC(N)=O)CCC(CCCc2ccccc2)(CC(N)=O)C1=O. The van der Waals surface area contributed by atoms with Crippen molar-refractivity contribution in [2.24, 2.45) is 16.9 Å². The van der Waals surface area contributed by atoms with Gasteiger partial charge in [0.15, 0.2) is 6.54 Å². The first kappa shape index (κ1) is 20.1. The number of nitrogens with two attached hydrogens (primary N) is 2. The fourth-order valence-electron chi connectivity index (χ4n) is 4.29. The molecule has 1 aromatic rings. The largest absolute Gasteiger partial charge is 0.370 e. The Morgan fingerprint density at radius 1 is 1.15 bits per heavy atom. The Morgan fingerprint density at radius 2 is 1.81 bits per heavy atom. The first-order valence-electron chi connectivity index (χ1n) is 9.24. The molecule has 6 heteroatoms. The summed E-state index contributed by atoms with van der Waals surface area (Å²) in [6.45, 7) is 4.35. The molecule has 2 unspecified atom stereocenters. The molecule has 2 rings (SSSR count). The van der Waals surface area contributed by atoms with E-state index in [1.807, 2.05) is 32.0 Å². The summed E-state index contributed by atoms with van der Waals surface area (Å²) in [6, 6.07) is 9.99. The van der Waals surface area contributed by atoms with Gasteiger partial charge in [-0.3, -0.25) is 14.1 Å². The molecular formula is C20H30N3O3+. The van der Waals surface area contributed by atoms with E-state index in [1.54, 1.807) is 0 Å². The minimum Gasteiger partial charge on any atom is -0.370 e. The van der Waals surface area contributed by atoms with Crippen LogP contribution in [0.2, 0.25) is 0 Å². The number of likely N-dealkylation sites (tertiary alicyclic amines) is 1. The van der Waals surface area contributed by atoms with Crippen LogP contribution in [0.1, 0.15) is 45.1 Å². The van der Waals surface area contributed by atoms with E-state index in [0.29, 0.717) is 19.4 Å². The van der Waals surface area contributed by atoms with E-state index < -0.39 is 17.2 Å². The molecule has 1 aliphatic rings. The Balaban J connectivity index is 2.21. The Bertz CT molecular complexity index is 674. The van der Waals surface area contributed by atoms with E-state index in [1.165, 1.54) is 5.56 Å². The molecule has 142 valence electrons. The molecule has 0 aliphatic carbocycles. The van der Waals surface area contributed by atoms with Crippen molar-refractivity contribution in [2.75, 3.05) is 13.1 Å². The first-order chi connectivity index (χ1) is 12.2. The average molecular weight is 360 g/mol. The molecule has 1 saturated heterocycles. The van der Waals surface area contributed by atoms with Crippen LogP contribution in [0.3, 0.4) is 0 Å². The Kier molecular flexibility index (Phi) is 6.18. The van der Waals surface area contributed by atoms with E-state index in [2.05, 4.69) is 12.1 Å². The normalized spacial score (nSPS) is 25.6. The molecule has 6 nitrogen and oxygen atoms in total. The lowest BCUT2D eigenvalue weighted by molar-refractivity contribution is -0.860. The third-order valence-electron chi connectivity index (χ3n) is 5.75. The number of benzene rings is 1. The molecule has 1 heterocycles. The van der Waals surface area contributed by atoms with Crippen molar-refractivity contribution in [3.63, 3.8) is 0 Å². The Labute approximate surface area is 155 Å². The lowest BCUT2D eigenvalue weighted by Gasteiger charge is -2.36. The Hall–Kier alpha value is -2.21. The fraction of sp³-hybridized carbons (Fsp3) is 0.550. The maximum atomic E-state index is 13.5. The molecule has 0 bridgehead atoms. The monoisotopic (exact) mass is 360 g/mol. The number of carbonyl (C=O) groups is 3. The molecule has 1 fully saturated rings. The molecular weight excluding hydrogens is 330 g/mol.